The number of rotatable bonds is 1. The van der Waals surface area contributed by atoms with Gasteiger partial charge < -0.3 is 10.4 Å². The van der Waals surface area contributed by atoms with Crippen molar-refractivity contribution in [1.29, 1.82) is 0 Å². The Kier molecular flexibility index (Phi) is 2.84. The highest BCUT2D eigenvalue weighted by Crippen LogP contribution is 2.15. The third-order valence-corrected chi connectivity index (χ3v) is 1.83. The Hall–Kier alpha value is -1.58. The molecule has 0 radical (unpaired) electrons. The number of hydrogen-bond acceptors (Lipinski definition) is 2. The molecule has 0 atom stereocenters. The van der Waals surface area contributed by atoms with E-state index in [9.17, 15) is 9.59 Å². The van der Waals surface area contributed by atoms with Crippen molar-refractivity contribution in [2.45, 2.75) is 19.8 Å². The van der Waals surface area contributed by atoms with Gasteiger partial charge in [0.2, 0.25) is 0 Å². The van der Waals surface area contributed by atoms with Crippen LogP contribution in [0.15, 0.2) is 23.4 Å². The molecule has 0 aromatic heterocycles. The summed E-state index contributed by atoms with van der Waals surface area (Å²) in [5, 5.41) is 10.6. The van der Waals surface area contributed by atoms with Gasteiger partial charge in [-0.2, -0.15) is 0 Å². The molecule has 0 aromatic carbocycles. The fraction of sp³-hybridized carbons (Fsp3) is 0.333. The largest absolute Gasteiger partial charge is 0.474 e. The molecule has 1 aliphatic rings. The molecule has 0 bridgehead atoms. The molecular formula is C9H11NO3. The smallest absolute Gasteiger partial charge is 0.394 e. The summed E-state index contributed by atoms with van der Waals surface area (Å²) in [6.07, 6.45) is 5.17. The van der Waals surface area contributed by atoms with E-state index in [0.29, 0.717) is 12.1 Å². The highest BCUT2D eigenvalue weighted by Gasteiger charge is 2.13. The molecule has 0 aromatic rings. The van der Waals surface area contributed by atoms with Gasteiger partial charge in [-0.1, -0.05) is 11.6 Å². The highest BCUT2D eigenvalue weighted by atomic mass is 16.4. The van der Waals surface area contributed by atoms with E-state index in [1.54, 1.807) is 6.08 Å². The Balaban J connectivity index is 2.56. The molecule has 0 saturated heterocycles. The Morgan fingerprint density at radius 3 is 2.54 bits per heavy atom. The number of aliphatic carboxylic acids is 1. The normalized spacial score (nSPS) is 15.8. The van der Waals surface area contributed by atoms with Crippen LogP contribution in [-0.2, 0) is 9.59 Å². The summed E-state index contributed by atoms with van der Waals surface area (Å²) in [5.41, 5.74) is 1.89. The number of carboxylic acids is 1. The zero-order valence-corrected chi connectivity index (χ0v) is 7.33. The average Bonchev–Trinajstić information content (AvgIpc) is 2.08. The second kappa shape index (κ2) is 3.89. The van der Waals surface area contributed by atoms with Crippen molar-refractivity contribution in [2.24, 2.45) is 0 Å². The number of carboxylic acid groups (broad SMARTS) is 1. The van der Waals surface area contributed by atoms with Crippen molar-refractivity contribution in [2.75, 3.05) is 0 Å². The van der Waals surface area contributed by atoms with Gasteiger partial charge in [-0.3, -0.25) is 4.79 Å². The molecule has 2 N–H and O–H groups in total. The third kappa shape index (κ3) is 2.74. The summed E-state index contributed by atoms with van der Waals surface area (Å²) >= 11 is 0. The average molecular weight is 181 g/mol. The van der Waals surface area contributed by atoms with Gasteiger partial charge in [0.25, 0.3) is 0 Å². The van der Waals surface area contributed by atoms with Crippen LogP contribution in [0.3, 0.4) is 0 Å². The van der Waals surface area contributed by atoms with E-state index in [1.165, 1.54) is 5.57 Å². The van der Waals surface area contributed by atoms with Gasteiger partial charge in [-0.15, -0.1) is 0 Å². The number of allylic oxidation sites excluding steroid dienone is 4. The lowest BCUT2D eigenvalue weighted by molar-refractivity contribution is -0.149. The second-order valence-electron chi connectivity index (χ2n) is 2.96. The SMILES string of the molecule is CC1=CC=C(NC(=O)C(=O)O)CC1. The maximum absolute atomic E-state index is 10.7. The van der Waals surface area contributed by atoms with Crippen molar-refractivity contribution in [1.82, 2.24) is 5.32 Å². The summed E-state index contributed by atoms with van der Waals surface area (Å²) < 4.78 is 0. The van der Waals surface area contributed by atoms with Crippen LogP contribution in [-0.4, -0.2) is 17.0 Å². The van der Waals surface area contributed by atoms with E-state index in [-0.39, 0.29) is 0 Å². The molecule has 4 heteroatoms. The van der Waals surface area contributed by atoms with Crippen molar-refractivity contribution in [3.8, 4) is 0 Å². The van der Waals surface area contributed by atoms with E-state index in [2.05, 4.69) is 5.32 Å². The fourth-order valence-electron chi connectivity index (χ4n) is 1.04. The Bertz CT molecular complexity index is 302. The van der Waals surface area contributed by atoms with Gasteiger partial charge in [0.15, 0.2) is 0 Å². The third-order valence-electron chi connectivity index (χ3n) is 1.83. The predicted molar refractivity (Wildman–Crippen MR) is 46.9 cm³/mol. The molecule has 0 spiro atoms. The first-order valence-electron chi connectivity index (χ1n) is 4.00. The van der Waals surface area contributed by atoms with Crippen LogP contribution in [0.2, 0.25) is 0 Å². The van der Waals surface area contributed by atoms with Gasteiger partial charge in [-0.25, -0.2) is 4.79 Å². The Labute approximate surface area is 75.9 Å². The standard InChI is InChI=1S/C9H11NO3/c1-6-2-4-7(5-3-6)10-8(11)9(12)13/h2,4H,3,5H2,1H3,(H,10,11)(H,12,13). The summed E-state index contributed by atoms with van der Waals surface area (Å²) in [5.74, 6) is -2.42. The summed E-state index contributed by atoms with van der Waals surface area (Å²) in [4.78, 5) is 20.9. The molecular weight excluding hydrogens is 170 g/mol. The van der Waals surface area contributed by atoms with E-state index < -0.39 is 11.9 Å². The van der Waals surface area contributed by atoms with Crippen LogP contribution in [0.1, 0.15) is 19.8 Å². The molecule has 0 fully saturated rings. The monoisotopic (exact) mass is 181 g/mol. The summed E-state index contributed by atoms with van der Waals surface area (Å²) in [6.45, 7) is 1.99. The Morgan fingerprint density at radius 1 is 1.38 bits per heavy atom. The van der Waals surface area contributed by atoms with Crippen LogP contribution in [0.25, 0.3) is 0 Å². The quantitative estimate of drug-likeness (QED) is 0.588. The van der Waals surface area contributed by atoms with E-state index >= 15 is 0 Å². The zero-order valence-electron chi connectivity index (χ0n) is 7.33. The van der Waals surface area contributed by atoms with Gasteiger partial charge in [0.1, 0.15) is 0 Å². The van der Waals surface area contributed by atoms with E-state index in [4.69, 9.17) is 5.11 Å². The molecule has 13 heavy (non-hydrogen) atoms. The molecule has 4 nitrogen and oxygen atoms in total. The maximum atomic E-state index is 10.7. The van der Waals surface area contributed by atoms with Crippen molar-refractivity contribution in [3.05, 3.63) is 23.4 Å². The minimum absolute atomic E-state index is 0.665. The lowest BCUT2D eigenvalue weighted by Gasteiger charge is -2.11. The van der Waals surface area contributed by atoms with Crippen LogP contribution >= 0.6 is 0 Å². The first kappa shape index (κ1) is 9.51. The summed E-state index contributed by atoms with van der Waals surface area (Å²) in [7, 11) is 0. The van der Waals surface area contributed by atoms with Crippen LogP contribution in [0.4, 0.5) is 0 Å². The van der Waals surface area contributed by atoms with Crippen molar-refractivity contribution in [3.63, 3.8) is 0 Å². The lowest BCUT2D eigenvalue weighted by atomic mass is 10.0. The topological polar surface area (TPSA) is 66.4 Å². The van der Waals surface area contributed by atoms with E-state index in [1.807, 2.05) is 13.0 Å². The minimum Gasteiger partial charge on any atom is -0.474 e. The molecule has 1 aliphatic carbocycles. The van der Waals surface area contributed by atoms with E-state index in [0.717, 1.165) is 6.42 Å². The number of amides is 1. The summed E-state index contributed by atoms with van der Waals surface area (Å²) in [6, 6.07) is 0. The van der Waals surface area contributed by atoms with Gasteiger partial charge >= 0.3 is 11.9 Å². The second-order valence-corrected chi connectivity index (χ2v) is 2.96. The fourth-order valence-corrected chi connectivity index (χ4v) is 1.04. The Morgan fingerprint density at radius 2 is 2.08 bits per heavy atom. The first-order valence-corrected chi connectivity index (χ1v) is 4.00. The van der Waals surface area contributed by atoms with Crippen LogP contribution in [0.5, 0.6) is 0 Å². The zero-order chi connectivity index (χ0) is 9.84. The number of hydrogen-bond donors (Lipinski definition) is 2. The number of carbonyl (C=O) groups is 2. The number of nitrogens with one attached hydrogen (secondary N) is 1. The minimum atomic E-state index is -1.45. The van der Waals surface area contributed by atoms with Crippen LogP contribution < -0.4 is 5.32 Å². The first-order chi connectivity index (χ1) is 6.09. The highest BCUT2D eigenvalue weighted by molar-refractivity contribution is 6.31. The molecule has 0 unspecified atom stereocenters. The van der Waals surface area contributed by atoms with Gasteiger partial charge in [-0.05, 0) is 25.8 Å². The predicted octanol–water partition coefficient (Wildman–Crippen LogP) is 0.811. The molecule has 0 saturated carbocycles. The molecule has 0 aliphatic heterocycles. The molecule has 1 rings (SSSR count). The number of carbonyl (C=O) groups excluding carboxylic acids is 1. The van der Waals surface area contributed by atoms with Crippen molar-refractivity contribution < 1.29 is 14.7 Å². The lowest BCUT2D eigenvalue weighted by Crippen LogP contribution is -2.30. The van der Waals surface area contributed by atoms with Crippen LogP contribution in [0, 0.1) is 0 Å². The molecule has 1 amide bonds. The molecule has 70 valence electrons. The van der Waals surface area contributed by atoms with Gasteiger partial charge in [0, 0.05) is 5.70 Å². The van der Waals surface area contributed by atoms with Crippen molar-refractivity contribution >= 4 is 11.9 Å². The maximum Gasteiger partial charge on any atom is 0.394 e. The van der Waals surface area contributed by atoms with Gasteiger partial charge in [0.05, 0.1) is 0 Å². The molecule has 0 heterocycles.